The molecule has 3 heteroatoms. The van der Waals surface area contributed by atoms with E-state index in [1.807, 2.05) is 6.07 Å². The van der Waals surface area contributed by atoms with Gasteiger partial charge in [0, 0.05) is 9.77 Å². The van der Waals surface area contributed by atoms with Gasteiger partial charge < -0.3 is 5.32 Å². The maximum Gasteiger partial charge on any atom is 0.463 e. The van der Waals surface area contributed by atoms with Gasteiger partial charge in [-0.3, -0.25) is 0 Å². The van der Waals surface area contributed by atoms with Crippen molar-refractivity contribution < 1.29 is 4.21 Å². The van der Waals surface area contributed by atoms with Crippen LogP contribution in [0.1, 0.15) is 29.9 Å². The fourth-order valence-corrected chi connectivity index (χ4v) is 2.65. The van der Waals surface area contributed by atoms with Gasteiger partial charge in [-0.15, -0.1) is 0 Å². The van der Waals surface area contributed by atoms with E-state index in [1.165, 1.54) is 24.0 Å². The van der Waals surface area contributed by atoms with E-state index in [-0.39, 0.29) is 0 Å². The first-order chi connectivity index (χ1) is 7.42. The van der Waals surface area contributed by atoms with Gasteiger partial charge in [-0.05, 0) is 37.4 Å². The van der Waals surface area contributed by atoms with Gasteiger partial charge in [0.1, 0.15) is 0 Å². The number of hydrogen-bond donors (Lipinski definition) is 1. The molecule has 0 radical (unpaired) electrons. The molecule has 1 aliphatic rings. The highest BCUT2D eigenvalue weighted by atomic mass is 32.1. The first-order valence-corrected chi connectivity index (χ1v) is 6.36. The van der Waals surface area contributed by atoms with Crippen LogP contribution in [0.3, 0.4) is 0 Å². The van der Waals surface area contributed by atoms with Crippen molar-refractivity contribution in [3.63, 3.8) is 0 Å². The van der Waals surface area contributed by atoms with E-state index < -0.39 is 0 Å². The first kappa shape index (κ1) is 10.7. The Balaban J connectivity index is 2.20. The van der Waals surface area contributed by atoms with Crippen LogP contribution in [-0.4, -0.2) is 13.1 Å². The fourth-order valence-electron chi connectivity index (χ4n) is 2.26. The van der Waals surface area contributed by atoms with E-state index in [9.17, 15) is 4.21 Å². The Hall–Kier alpha value is -0.800. The Morgan fingerprint density at radius 1 is 1.27 bits per heavy atom. The predicted molar refractivity (Wildman–Crippen MR) is 63.0 cm³/mol. The molecule has 0 aromatic heterocycles. The molecule has 1 N–H and O–H groups in total. The molecule has 1 aromatic carbocycles. The Kier molecular flexibility index (Phi) is 3.80. The van der Waals surface area contributed by atoms with Crippen molar-refractivity contribution in [3.05, 3.63) is 35.4 Å². The van der Waals surface area contributed by atoms with Gasteiger partial charge in [0.05, 0.1) is 0 Å². The van der Waals surface area contributed by atoms with Crippen LogP contribution in [0.5, 0.6) is 0 Å². The first-order valence-electron chi connectivity index (χ1n) is 5.45. The smallest absolute Gasteiger partial charge is 0.317 e. The van der Waals surface area contributed by atoms with Crippen LogP contribution in [-0.2, 0) is 21.6 Å². The largest absolute Gasteiger partial charge is 0.463 e. The topological polar surface area (TPSA) is 29.1 Å². The van der Waals surface area contributed by atoms with Gasteiger partial charge in [0.2, 0.25) is 0 Å². The molecule has 0 atom stereocenters. The summed E-state index contributed by atoms with van der Waals surface area (Å²) in [4.78, 5) is 0. The van der Waals surface area contributed by atoms with Gasteiger partial charge in [0.25, 0.3) is 5.75 Å². The zero-order valence-corrected chi connectivity index (χ0v) is 9.56. The lowest BCUT2D eigenvalue weighted by Crippen LogP contribution is -2.27. The Bertz CT molecular complexity index is 334. The Morgan fingerprint density at radius 2 is 2.00 bits per heavy atom. The molecule has 1 aromatic rings. The molecule has 15 heavy (non-hydrogen) atoms. The second kappa shape index (κ2) is 5.33. The van der Waals surface area contributed by atoms with Crippen LogP contribution >= 0.6 is 0 Å². The lowest BCUT2D eigenvalue weighted by atomic mass is 9.87. The van der Waals surface area contributed by atoms with E-state index in [0.717, 1.165) is 13.1 Å². The molecule has 1 saturated heterocycles. The summed E-state index contributed by atoms with van der Waals surface area (Å²) >= 11 is 0.667. The SMILES string of the molecule is O=[S+]Cc1ccccc1C1CCNCC1. The van der Waals surface area contributed by atoms with Crippen molar-refractivity contribution in [1.82, 2.24) is 5.32 Å². The minimum absolute atomic E-state index is 0.597. The van der Waals surface area contributed by atoms with Crippen molar-refractivity contribution >= 4 is 11.7 Å². The molecule has 2 nitrogen and oxygen atoms in total. The van der Waals surface area contributed by atoms with Crippen LogP contribution in [0.15, 0.2) is 24.3 Å². The van der Waals surface area contributed by atoms with Gasteiger partial charge in [-0.25, -0.2) is 0 Å². The zero-order chi connectivity index (χ0) is 10.5. The average molecular weight is 222 g/mol. The molecule has 0 unspecified atom stereocenters. The summed E-state index contributed by atoms with van der Waals surface area (Å²) in [6.45, 7) is 2.20. The minimum Gasteiger partial charge on any atom is -0.317 e. The summed E-state index contributed by atoms with van der Waals surface area (Å²) in [5, 5.41) is 3.37. The Morgan fingerprint density at radius 3 is 2.73 bits per heavy atom. The summed E-state index contributed by atoms with van der Waals surface area (Å²) < 4.78 is 10.6. The maximum absolute atomic E-state index is 10.6. The summed E-state index contributed by atoms with van der Waals surface area (Å²) in [6, 6.07) is 8.37. The van der Waals surface area contributed by atoms with Crippen molar-refractivity contribution in [3.8, 4) is 0 Å². The van der Waals surface area contributed by atoms with Crippen LogP contribution in [0.4, 0.5) is 0 Å². The zero-order valence-electron chi connectivity index (χ0n) is 8.74. The van der Waals surface area contributed by atoms with E-state index in [4.69, 9.17) is 0 Å². The number of rotatable bonds is 3. The molecule has 0 aliphatic carbocycles. The third kappa shape index (κ3) is 2.61. The lowest BCUT2D eigenvalue weighted by molar-refractivity contribution is 0.459. The lowest BCUT2D eigenvalue weighted by Gasteiger charge is -2.23. The summed E-state index contributed by atoms with van der Waals surface area (Å²) in [5.41, 5.74) is 2.62. The molecule has 0 spiro atoms. The molecular weight excluding hydrogens is 206 g/mol. The molecule has 1 aliphatic heterocycles. The van der Waals surface area contributed by atoms with Crippen molar-refractivity contribution in [1.29, 1.82) is 0 Å². The minimum atomic E-state index is 0.597. The van der Waals surface area contributed by atoms with Crippen molar-refractivity contribution in [2.24, 2.45) is 0 Å². The monoisotopic (exact) mass is 222 g/mol. The van der Waals surface area contributed by atoms with E-state index in [0.29, 0.717) is 23.3 Å². The maximum atomic E-state index is 10.6. The highest BCUT2D eigenvalue weighted by Crippen LogP contribution is 2.28. The second-order valence-corrected chi connectivity index (χ2v) is 4.51. The molecule has 0 bridgehead atoms. The third-order valence-corrected chi connectivity index (χ3v) is 3.48. The van der Waals surface area contributed by atoms with Crippen molar-refractivity contribution in [2.45, 2.75) is 24.5 Å². The quantitative estimate of drug-likeness (QED) is 0.793. The van der Waals surface area contributed by atoms with Crippen molar-refractivity contribution in [2.75, 3.05) is 13.1 Å². The molecule has 80 valence electrons. The second-order valence-electron chi connectivity index (χ2n) is 3.99. The van der Waals surface area contributed by atoms with Gasteiger partial charge in [-0.2, -0.15) is 0 Å². The van der Waals surface area contributed by atoms with Gasteiger partial charge in [0.15, 0.2) is 0 Å². The molecule has 0 saturated carbocycles. The van der Waals surface area contributed by atoms with Gasteiger partial charge >= 0.3 is 11.7 Å². The average Bonchev–Trinajstić information content (AvgIpc) is 2.31. The van der Waals surface area contributed by atoms with Crippen LogP contribution in [0.2, 0.25) is 0 Å². The molecule has 1 heterocycles. The number of piperidine rings is 1. The van der Waals surface area contributed by atoms with E-state index >= 15 is 0 Å². The fraction of sp³-hybridized carbons (Fsp3) is 0.500. The molecule has 2 rings (SSSR count). The summed E-state index contributed by atoms with van der Waals surface area (Å²) in [6.07, 6.45) is 2.39. The highest BCUT2D eigenvalue weighted by molar-refractivity contribution is 7.64. The van der Waals surface area contributed by atoms with Crippen LogP contribution in [0.25, 0.3) is 0 Å². The van der Waals surface area contributed by atoms with Crippen LogP contribution < -0.4 is 5.32 Å². The number of benzene rings is 1. The number of hydrogen-bond acceptors (Lipinski definition) is 2. The normalized spacial score (nSPS) is 17.6. The summed E-state index contributed by atoms with van der Waals surface area (Å²) in [7, 11) is 0. The highest BCUT2D eigenvalue weighted by Gasteiger charge is 2.19. The van der Waals surface area contributed by atoms with E-state index in [1.54, 1.807) is 0 Å². The Labute approximate surface area is 94.6 Å². The predicted octanol–water partition coefficient (Wildman–Crippen LogP) is 2.08. The summed E-state index contributed by atoms with van der Waals surface area (Å²) in [5.74, 6) is 1.25. The number of nitrogens with one attached hydrogen (secondary N) is 1. The van der Waals surface area contributed by atoms with Crippen LogP contribution in [0, 0.1) is 0 Å². The van der Waals surface area contributed by atoms with E-state index in [2.05, 4.69) is 23.5 Å². The molecule has 0 amide bonds. The van der Waals surface area contributed by atoms with Gasteiger partial charge in [-0.1, -0.05) is 24.3 Å². The molecular formula is C12H16NOS+. The third-order valence-electron chi connectivity index (χ3n) is 3.05. The standard InChI is InChI=1S/C12H16NOS/c14-15-9-11-3-1-2-4-12(11)10-5-7-13-8-6-10/h1-4,10,13H,5-9H2/q+1. The molecule has 1 fully saturated rings.